The number of amides is 1. The molecule has 0 saturated heterocycles. The maximum Gasteiger partial charge on any atom is 0.296 e. The molecule has 3 N–H and O–H groups in total. The first-order valence-electron chi connectivity index (χ1n) is 11.6. The summed E-state index contributed by atoms with van der Waals surface area (Å²) in [7, 11) is -8.07. The molecule has 16 heteroatoms. The number of hydrogen-bond acceptors (Lipinski definition) is 11. The third-order valence-electron chi connectivity index (χ3n) is 5.73. The lowest BCUT2D eigenvalue weighted by Crippen LogP contribution is -2.32. The number of aryl methyl sites for hydroxylation is 1. The number of para-hydroxylation sites is 2. The van der Waals surface area contributed by atoms with Crippen LogP contribution in [0.3, 0.4) is 0 Å². The van der Waals surface area contributed by atoms with Crippen LogP contribution in [0.25, 0.3) is 20.8 Å². The number of ether oxygens (including phenoxy) is 1. The van der Waals surface area contributed by atoms with Crippen LogP contribution in [0.2, 0.25) is 0 Å². The van der Waals surface area contributed by atoms with E-state index in [0.29, 0.717) is 11.3 Å². The first kappa shape index (κ1) is 29.9. The summed E-state index contributed by atoms with van der Waals surface area (Å²) >= 11 is 0.885. The highest BCUT2D eigenvalue weighted by molar-refractivity contribution is 7.86. The Labute approximate surface area is 238 Å². The van der Waals surface area contributed by atoms with E-state index >= 15 is 0 Å². The van der Waals surface area contributed by atoms with E-state index in [1.54, 1.807) is 30.3 Å². The van der Waals surface area contributed by atoms with Gasteiger partial charge in [0.25, 0.3) is 26.1 Å². The molecule has 13 nitrogen and oxygen atoms in total. The Hall–Kier alpha value is -4.09. The molecule has 0 fully saturated rings. The monoisotopic (exact) mass is 618 g/mol. The number of fused-ring (bicyclic) bond motifs is 1. The molecule has 1 heterocycles. The van der Waals surface area contributed by atoms with Gasteiger partial charge in [0, 0.05) is 5.56 Å². The number of nitrogens with one attached hydrogen (secondary N) is 1. The van der Waals surface area contributed by atoms with E-state index in [-0.39, 0.29) is 37.1 Å². The first-order valence-corrected chi connectivity index (χ1v) is 15.2. The Morgan fingerprint density at radius 2 is 1.73 bits per heavy atom. The average Bonchev–Trinajstić information content (AvgIpc) is 3.31. The highest BCUT2D eigenvalue weighted by Crippen LogP contribution is 2.38. The largest absolute Gasteiger partial charge is 0.495 e. The minimum Gasteiger partial charge on any atom is -0.495 e. The van der Waals surface area contributed by atoms with Crippen molar-refractivity contribution in [1.29, 1.82) is 0 Å². The zero-order valence-corrected chi connectivity index (χ0v) is 24.0. The summed E-state index contributed by atoms with van der Waals surface area (Å²) in [6.07, 6.45) is 0. The minimum atomic E-state index is -4.89. The van der Waals surface area contributed by atoms with Gasteiger partial charge < -0.3 is 10.1 Å². The van der Waals surface area contributed by atoms with Crippen LogP contribution < -0.4 is 10.1 Å². The molecular weight excluding hydrogens is 596 g/mol. The maximum atomic E-state index is 12.8. The Kier molecular flexibility index (Phi) is 8.32. The Bertz CT molecular complexity index is 1930. The van der Waals surface area contributed by atoms with Crippen molar-refractivity contribution in [3.63, 3.8) is 0 Å². The summed E-state index contributed by atoms with van der Waals surface area (Å²) in [6, 6.07) is 11.4. The summed E-state index contributed by atoms with van der Waals surface area (Å²) in [5.74, 6) is -1.21. The van der Waals surface area contributed by atoms with E-state index in [1.165, 1.54) is 32.2 Å². The predicted octanol–water partition coefficient (Wildman–Crippen LogP) is 4.45. The number of thiazole rings is 1. The molecule has 41 heavy (non-hydrogen) atoms. The number of carbonyl (C=O) groups is 2. The number of Topliss-reactive ketones (excluding diaryl/α,β-unsaturated/α-hetero) is 1. The van der Waals surface area contributed by atoms with Crippen molar-refractivity contribution in [3.05, 3.63) is 60.2 Å². The van der Waals surface area contributed by atoms with Crippen LogP contribution in [-0.2, 0) is 29.8 Å². The molecule has 4 aromatic rings. The third kappa shape index (κ3) is 6.47. The van der Waals surface area contributed by atoms with Crippen molar-refractivity contribution in [2.24, 2.45) is 10.2 Å². The second-order valence-electron chi connectivity index (χ2n) is 8.63. The SMILES string of the molecule is COc1ccccc1NC(=O)[C@H](N=Nc1ccc(-c2nc3ccc(C)c(S(=O)(=O)O)c3s2)cc1S(=O)(=O)O)C(C)=O. The lowest BCUT2D eigenvalue weighted by atomic mass is 10.2. The number of rotatable bonds is 9. The fraction of sp³-hybridized carbons (Fsp3) is 0.160. The summed E-state index contributed by atoms with van der Waals surface area (Å²) in [5, 5.41) is 10.2. The normalized spacial score (nSPS) is 12.9. The number of hydrogen-bond donors (Lipinski definition) is 3. The molecule has 1 amide bonds. The van der Waals surface area contributed by atoms with Crippen molar-refractivity contribution in [2.75, 3.05) is 12.4 Å². The third-order valence-corrected chi connectivity index (χ3v) is 8.92. The van der Waals surface area contributed by atoms with Crippen LogP contribution >= 0.6 is 11.3 Å². The average molecular weight is 619 g/mol. The summed E-state index contributed by atoms with van der Waals surface area (Å²) in [4.78, 5) is 28.3. The number of benzene rings is 3. The van der Waals surface area contributed by atoms with Gasteiger partial charge in [0.05, 0.1) is 23.0 Å². The van der Waals surface area contributed by atoms with Gasteiger partial charge >= 0.3 is 0 Å². The number of nitrogens with zero attached hydrogens (tertiary/aromatic N) is 3. The van der Waals surface area contributed by atoms with Crippen LogP contribution in [0.4, 0.5) is 11.4 Å². The van der Waals surface area contributed by atoms with Crippen LogP contribution in [0.15, 0.2) is 74.6 Å². The van der Waals surface area contributed by atoms with Crippen molar-refractivity contribution >= 4 is 64.9 Å². The van der Waals surface area contributed by atoms with Gasteiger partial charge in [-0.05, 0) is 55.8 Å². The molecule has 4 rings (SSSR count). The predicted molar refractivity (Wildman–Crippen MR) is 150 cm³/mol. The van der Waals surface area contributed by atoms with E-state index in [0.717, 1.165) is 24.3 Å². The number of carbonyl (C=O) groups excluding carboxylic acids is 2. The zero-order chi connectivity index (χ0) is 30.1. The van der Waals surface area contributed by atoms with Crippen LogP contribution in [0.5, 0.6) is 5.75 Å². The molecule has 3 aromatic carbocycles. The molecule has 214 valence electrons. The quantitative estimate of drug-likeness (QED) is 0.137. The van der Waals surface area contributed by atoms with E-state index in [9.17, 15) is 35.5 Å². The summed E-state index contributed by atoms with van der Waals surface area (Å²) in [6.45, 7) is 2.61. The lowest BCUT2D eigenvalue weighted by Gasteiger charge is -2.12. The summed E-state index contributed by atoms with van der Waals surface area (Å²) in [5.41, 5.74) is 0.606. The van der Waals surface area contributed by atoms with Crippen molar-refractivity contribution < 1.29 is 40.3 Å². The van der Waals surface area contributed by atoms with Crippen LogP contribution in [0, 0.1) is 6.92 Å². The highest BCUT2D eigenvalue weighted by atomic mass is 32.2. The lowest BCUT2D eigenvalue weighted by molar-refractivity contribution is -0.126. The number of ketones is 1. The number of methoxy groups -OCH3 is 1. The number of aromatic nitrogens is 1. The second-order valence-corrected chi connectivity index (χ2v) is 12.4. The van der Waals surface area contributed by atoms with Gasteiger partial charge in [-0.2, -0.15) is 27.1 Å². The smallest absolute Gasteiger partial charge is 0.296 e. The minimum absolute atomic E-state index is 0.157. The molecule has 0 bridgehead atoms. The van der Waals surface area contributed by atoms with E-state index in [2.05, 4.69) is 20.5 Å². The molecule has 0 aliphatic heterocycles. The van der Waals surface area contributed by atoms with Gasteiger partial charge in [0.15, 0.2) is 5.78 Å². The topological polar surface area (TPSA) is 202 Å². The standard InChI is InChI=1S/C25H22N4O9S3/c1-13-8-10-18-22(23(13)41(35,36)37)39-25(27-18)15-9-11-17(20(12-15)40(32,33)34)28-29-21(14(2)30)24(31)26-16-6-4-5-7-19(16)38-3/h4-12,21H,1-3H3,(H,26,31)(H,32,33,34)(H,35,36,37)/t21-/m1/s1. The van der Waals surface area contributed by atoms with Gasteiger partial charge in [-0.25, -0.2) is 4.98 Å². The van der Waals surface area contributed by atoms with Gasteiger partial charge in [0.1, 0.15) is 26.2 Å². The van der Waals surface area contributed by atoms with E-state index in [1.807, 2.05) is 0 Å². The molecule has 1 atom stereocenters. The number of anilines is 1. The maximum absolute atomic E-state index is 12.8. The molecule has 0 radical (unpaired) electrons. The molecular formula is C25H22N4O9S3. The molecule has 0 spiro atoms. The molecule has 1 aromatic heterocycles. The molecule has 0 aliphatic rings. The Morgan fingerprint density at radius 3 is 2.37 bits per heavy atom. The summed E-state index contributed by atoms with van der Waals surface area (Å²) < 4.78 is 73.2. The van der Waals surface area contributed by atoms with Gasteiger partial charge in [0.2, 0.25) is 6.04 Å². The van der Waals surface area contributed by atoms with Crippen molar-refractivity contribution in [2.45, 2.75) is 29.7 Å². The fourth-order valence-corrected chi connectivity index (χ4v) is 6.79. The van der Waals surface area contributed by atoms with Gasteiger partial charge in [-0.15, -0.1) is 11.3 Å². The first-order chi connectivity index (χ1) is 19.2. The van der Waals surface area contributed by atoms with E-state index in [4.69, 9.17) is 4.74 Å². The van der Waals surface area contributed by atoms with E-state index < -0.39 is 42.9 Å². The Morgan fingerprint density at radius 1 is 1.02 bits per heavy atom. The van der Waals surface area contributed by atoms with Crippen LogP contribution in [-0.4, -0.2) is 55.8 Å². The Balaban J connectivity index is 1.73. The fourth-order valence-electron chi connectivity index (χ4n) is 3.83. The molecule has 0 aliphatic carbocycles. The second kappa shape index (κ2) is 11.4. The highest BCUT2D eigenvalue weighted by Gasteiger charge is 2.26. The molecule has 0 unspecified atom stereocenters. The number of azo groups is 1. The molecule has 0 saturated carbocycles. The van der Waals surface area contributed by atoms with Gasteiger partial charge in [-0.3, -0.25) is 18.7 Å². The van der Waals surface area contributed by atoms with Crippen molar-refractivity contribution in [1.82, 2.24) is 4.98 Å². The van der Waals surface area contributed by atoms with Gasteiger partial charge in [-0.1, -0.05) is 18.2 Å². The van der Waals surface area contributed by atoms with Crippen LogP contribution in [0.1, 0.15) is 12.5 Å². The van der Waals surface area contributed by atoms with Crippen molar-refractivity contribution in [3.8, 4) is 16.3 Å². The zero-order valence-electron chi connectivity index (χ0n) is 21.6.